The van der Waals surface area contributed by atoms with Crippen LogP contribution in [0.4, 0.5) is 0 Å². The molecule has 0 heterocycles. The van der Waals surface area contributed by atoms with E-state index in [1.165, 1.54) is 0 Å². The van der Waals surface area contributed by atoms with E-state index < -0.39 is 6.16 Å². The monoisotopic (exact) mass is 344 g/mol. The Hall–Kier alpha value is 0.710. The summed E-state index contributed by atoms with van der Waals surface area (Å²) in [6.07, 6.45) is -1.85. The van der Waals surface area contributed by atoms with Crippen LogP contribution in [0.15, 0.2) is 0 Å². The zero-order valence-electron chi connectivity index (χ0n) is 7.79. The van der Waals surface area contributed by atoms with Crippen molar-refractivity contribution >= 4 is 0 Å². The Labute approximate surface area is 92.0 Å². The molecular weight excluding hydrogens is 327 g/mol. The number of rotatable bonds is 6. The smallest absolute Gasteiger partial charge is 0.319 e. The molecule has 0 unspecified atom stereocenters. The molecule has 1 N–H and O–H groups in total. The van der Waals surface area contributed by atoms with E-state index in [0.717, 1.165) is 0 Å². The topological polar surface area (TPSA) is 47.9 Å². The summed E-state index contributed by atoms with van der Waals surface area (Å²) in [6.45, 7) is 6.29. The first-order valence-corrected chi connectivity index (χ1v) is 3.82. The summed E-state index contributed by atoms with van der Waals surface area (Å²) in [6, 6.07) is 0. The molecule has 0 rings (SSSR count). The third kappa shape index (κ3) is 6.25. The van der Waals surface area contributed by atoms with Crippen molar-refractivity contribution in [2.75, 3.05) is 19.8 Å². The molecule has 0 bridgehead atoms. The van der Waals surface area contributed by atoms with Gasteiger partial charge in [-0.1, -0.05) is 0 Å². The van der Waals surface area contributed by atoms with E-state index in [1.807, 2.05) is 0 Å². The van der Waals surface area contributed by atoms with Gasteiger partial charge in [0.05, 0.1) is 19.8 Å². The van der Waals surface area contributed by atoms with Gasteiger partial charge >= 0.3 is 6.16 Å². The van der Waals surface area contributed by atoms with Crippen molar-refractivity contribution in [1.82, 2.24) is 0 Å². The maximum absolute atomic E-state index is 9.34. The molecule has 0 aliphatic carbocycles. The van der Waals surface area contributed by atoms with Gasteiger partial charge in [-0.15, -0.1) is 0 Å². The van der Waals surface area contributed by atoms with Gasteiger partial charge in [-0.3, -0.25) is 0 Å². The average Bonchev–Trinajstić information content (AvgIpc) is 1.88. The molecule has 12 heavy (non-hydrogen) atoms. The summed E-state index contributed by atoms with van der Waals surface area (Å²) < 4.78 is 14.5. The van der Waals surface area contributed by atoms with E-state index in [-0.39, 0.29) is 25.8 Å². The minimum absolute atomic E-state index is 0. The van der Waals surface area contributed by atoms with Crippen LogP contribution in [0.3, 0.4) is 0 Å². The fraction of sp³-hybridized carbons (Fsp3) is 1.00. The molecule has 0 spiro atoms. The molecule has 4 nitrogen and oxygen atoms in total. The van der Waals surface area contributed by atoms with Crippen molar-refractivity contribution in [2.45, 2.75) is 26.9 Å². The number of hydrogen-bond acceptors (Lipinski definition) is 4. The Morgan fingerprint density at radius 1 is 0.917 bits per heavy atom. The van der Waals surface area contributed by atoms with Crippen LogP contribution in [-0.2, 0) is 40.1 Å². The Bertz CT molecular complexity index is 82.4. The summed E-state index contributed by atoms with van der Waals surface area (Å²) in [5.74, 6) is 0. The molecule has 0 amide bonds. The molecular formula is C7H16HfO4. The van der Waals surface area contributed by atoms with Crippen molar-refractivity contribution in [3.05, 3.63) is 0 Å². The van der Waals surface area contributed by atoms with Gasteiger partial charge in [0.25, 0.3) is 0 Å². The third-order valence-corrected chi connectivity index (χ3v) is 0.980. The number of ether oxygens (including phenoxy) is 3. The summed E-state index contributed by atoms with van der Waals surface area (Å²) in [5, 5.41) is 9.34. The minimum atomic E-state index is -1.85. The average molecular weight is 343 g/mol. The minimum Gasteiger partial charge on any atom is -0.319 e. The third-order valence-electron chi connectivity index (χ3n) is 0.980. The Kier molecular flexibility index (Phi) is 10.5. The molecule has 0 fully saturated rings. The van der Waals surface area contributed by atoms with Crippen molar-refractivity contribution in [2.24, 2.45) is 0 Å². The first kappa shape index (κ1) is 15.2. The fourth-order valence-electron chi connectivity index (χ4n) is 0.672. The molecule has 0 saturated carbocycles. The molecule has 0 aromatic rings. The molecule has 0 radical (unpaired) electrons. The second kappa shape index (κ2) is 8.31. The van der Waals surface area contributed by atoms with Crippen LogP contribution in [0.25, 0.3) is 0 Å². The van der Waals surface area contributed by atoms with Crippen LogP contribution >= 0.6 is 0 Å². The van der Waals surface area contributed by atoms with E-state index >= 15 is 0 Å². The summed E-state index contributed by atoms with van der Waals surface area (Å²) >= 11 is 0. The van der Waals surface area contributed by atoms with Gasteiger partial charge in [0.1, 0.15) is 0 Å². The summed E-state index contributed by atoms with van der Waals surface area (Å²) in [4.78, 5) is 0. The molecule has 0 atom stereocenters. The van der Waals surface area contributed by atoms with Gasteiger partial charge in [0.15, 0.2) is 0 Å². The first-order valence-electron chi connectivity index (χ1n) is 3.82. The van der Waals surface area contributed by atoms with E-state index in [4.69, 9.17) is 14.2 Å². The molecule has 0 aliphatic rings. The Morgan fingerprint density at radius 3 is 1.33 bits per heavy atom. The molecule has 72 valence electrons. The van der Waals surface area contributed by atoms with Crippen molar-refractivity contribution in [3.63, 3.8) is 0 Å². The maximum atomic E-state index is 9.34. The van der Waals surface area contributed by atoms with Crippen molar-refractivity contribution in [1.29, 1.82) is 0 Å². The normalized spacial score (nSPS) is 11.0. The van der Waals surface area contributed by atoms with Crippen molar-refractivity contribution < 1.29 is 45.2 Å². The van der Waals surface area contributed by atoms with Crippen LogP contribution in [0, 0.1) is 0 Å². The quantitative estimate of drug-likeness (QED) is 0.570. The molecule has 0 aliphatic heterocycles. The van der Waals surface area contributed by atoms with Crippen molar-refractivity contribution in [3.8, 4) is 0 Å². The number of aliphatic hydroxyl groups is 1. The molecule has 0 aromatic carbocycles. The SMILES string of the molecule is CCOC(O)(OCC)OCC.[Hf]. The van der Waals surface area contributed by atoms with E-state index in [9.17, 15) is 5.11 Å². The molecule has 5 heteroatoms. The predicted molar refractivity (Wildman–Crippen MR) is 39.8 cm³/mol. The zero-order valence-corrected chi connectivity index (χ0v) is 11.4. The molecule has 0 aromatic heterocycles. The van der Waals surface area contributed by atoms with Gasteiger partial charge < -0.3 is 19.3 Å². The van der Waals surface area contributed by atoms with Gasteiger partial charge in [-0.25, -0.2) is 0 Å². The van der Waals surface area contributed by atoms with Gasteiger partial charge in [-0.05, 0) is 20.8 Å². The Morgan fingerprint density at radius 2 is 1.17 bits per heavy atom. The second-order valence-electron chi connectivity index (χ2n) is 1.82. The van der Waals surface area contributed by atoms with Gasteiger partial charge in [0.2, 0.25) is 0 Å². The van der Waals surface area contributed by atoms with Crippen LogP contribution in [0.2, 0.25) is 0 Å². The number of hydrogen-bond donors (Lipinski definition) is 1. The molecule has 0 saturated heterocycles. The van der Waals surface area contributed by atoms with E-state index in [0.29, 0.717) is 19.8 Å². The fourth-order valence-corrected chi connectivity index (χ4v) is 0.672. The first-order chi connectivity index (χ1) is 5.18. The van der Waals surface area contributed by atoms with E-state index in [1.54, 1.807) is 20.8 Å². The summed E-state index contributed by atoms with van der Waals surface area (Å²) in [5.41, 5.74) is 0. The van der Waals surface area contributed by atoms with Crippen LogP contribution < -0.4 is 0 Å². The second-order valence-corrected chi connectivity index (χ2v) is 1.82. The maximum Gasteiger partial charge on any atom is 0.410 e. The van der Waals surface area contributed by atoms with Gasteiger partial charge in [0, 0.05) is 25.8 Å². The largest absolute Gasteiger partial charge is 0.410 e. The summed E-state index contributed by atoms with van der Waals surface area (Å²) in [7, 11) is 0. The van der Waals surface area contributed by atoms with Crippen LogP contribution in [0.5, 0.6) is 0 Å². The zero-order chi connectivity index (χ0) is 8.74. The van der Waals surface area contributed by atoms with Gasteiger partial charge in [-0.2, -0.15) is 0 Å². The van der Waals surface area contributed by atoms with Crippen LogP contribution in [0.1, 0.15) is 20.8 Å². The predicted octanol–water partition coefficient (Wildman–Crippen LogP) is 0.697. The Balaban J connectivity index is 0. The standard InChI is InChI=1S/C7H16O4.Hf/c1-4-9-7(8,10-5-2)11-6-3;/h8H,4-6H2,1-3H3;. The van der Waals surface area contributed by atoms with E-state index in [2.05, 4.69) is 0 Å². The van der Waals surface area contributed by atoms with Crippen LogP contribution in [-0.4, -0.2) is 31.1 Å².